The summed E-state index contributed by atoms with van der Waals surface area (Å²) in [6.07, 6.45) is 2.44. The lowest BCUT2D eigenvalue weighted by atomic mass is 9.66. The predicted octanol–water partition coefficient (Wildman–Crippen LogP) is 3.18. The van der Waals surface area contributed by atoms with Gasteiger partial charge in [-0.15, -0.1) is 5.10 Å². The number of nitrogens with zero attached hydrogens (tertiary/aromatic N) is 4. The Balaban J connectivity index is 1.60. The first-order valence-electron chi connectivity index (χ1n) is 11.0. The molecule has 1 fully saturated rings. The highest BCUT2D eigenvalue weighted by molar-refractivity contribution is 5.64. The van der Waals surface area contributed by atoms with Gasteiger partial charge in [0.25, 0.3) is 0 Å². The van der Waals surface area contributed by atoms with Gasteiger partial charge in [-0.25, -0.2) is 18.7 Å². The highest BCUT2D eigenvalue weighted by Gasteiger charge is 2.65. The van der Waals surface area contributed by atoms with E-state index in [-0.39, 0.29) is 35.7 Å². The van der Waals surface area contributed by atoms with Crippen LogP contribution in [0.5, 0.6) is 0 Å². The minimum absolute atomic E-state index is 0.118. The van der Waals surface area contributed by atoms with E-state index in [0.717, 1.165) is 29.8 Å². The van der Waals surface area contributed by atoms with Crippen molar-refractivity contribution in [3.05, 3.63) is 65.1 Å². The standard InChI is InChI=1S/C24H25F2N5O2/c1-23(2)15-6-8-24(23,19-7-9-27-22(29-19)28-11-13(33)12-32)21-14(15)10-18(30-31-21)20-16(25)4-3-5-17(20)26/h3-5,7,9-10,13,15,32-33H,6,8,11-12H2,1-2H3,(H,27,28,29)/t13-,15-,24-/m0/s1. The fourth-order valence-electron chi connectivity index (χ4n) is 5.71. The first-order valence-corrected chi connectivity index (χ1v) is 11.0. The smallest absolute Gasteiger partial charge is 0.222 e. The van der Waals surface area contributed by atoms with E-state index in [2.05, 4.69) is 34.3 Å². The Hall–Kier alpha value is -3.04. The molecule has 2 bridgehead atoms. The van der Waals surface area contributed by atoms with Crippen LogP contribution in [0, 0.1) is 17.0 Å². The van der Waals surface area contributed by atoms with Crippen LogP contribution in [0.15, 0.2) is 36.5 Å². The molecule has 2 aliphatic carbocycles. The summed E-state index contributed by atoms with van der Waals surface area (Å²) in [6, 6.07) is 7.39. The molecule has 0 saturated heterocycles. The van der Waals surface area contributed by atoms with Crippen molar-refractivity contribution in [2.75, 3.05) is 18.5 Å². The first kappa shape index (κ1) is 21.8. The van der Waals surface area contributed by atoms with Crippen molar-refractivity contribution in [3.8, 4) is 11.3 Å². The number of anilines is 1. The Bertz CT molecular complexity index is 1200. The molecule has 3 N–H and O–H groups in total. The monoisotopic (exact) mass is 453 g/mol. The number of aliphatic hydroxyl groups excluding tert-OH is 2. The van der Waals surface area contributed by atoms with Crippen molar-refractivity contribution in [1.82, 2.24) is 20.2 Å². The molecule has 33 heavy (non-hydrogen) atoms. The molecule has 0 aliphatic heterocycles. The lowest BCUT2D eigenvalue weighted by molar-refractivity contribution is 0.105. The van der Waals surface area contributed by atoms with Crippen LogP contribution in [0.3, 0.4) is 0 Å². The summed E-state index contributed by atoms with van der Waals surface area (Å²) in [5, 5.41) is 30.4. The van der Waals surface area contributed by atoms with Crippen molar-refractivity contribution in [3.63, 3.8) is 0 Å². The van der Waals surface area contributed by atoms with E-state index in [1.165, 1.54) is 18.2 Å². The molecule has 3 atom stereocenters. The molecule has 0 unspecified atom stereocenters. The van der Waals surface area contributed by atoms with E-state index in [4.69, 9.17) is 10.1 Å². The van der Waals surface area contributed by atoms with Gasteiger partial charge in [-0.3, -0.25) is 0 Å². The van der Waals surface area contributed by atoms with Crippen LogP contribution >= 0.6 is 0 Å². The van der Waals surface area contributed by atoms with Gasteiger partial charge in [0.2, 0.25) is 5.95 Å². The van der Waals surface area contributed by atoms with Gasteiger partial charge in [0.15, 0.2) is 0 Å². The number of nitrogens with one attached hydrogen (secondary N) is 1. The highest BCUT2D eigenvalue weighted by atomic mass is 19.1. The van der Waals surface area contributed by atoms with Crippen molar-refractivity contribution in [2.24, 2.45) is 5.41 Å². The maximum atomic E-state index is 14.4. The number of aromatic nitrogens is 4. The molecule has 0 amide bonds. The third-order valence-electron chi connectivity index (χ3n) is 7.40. The molecule has 7 nitrogen and oxygen atoms in total. The summed E-state index contributed by atoms with van der Waals surface area (Å²) in [6.45, 7) is 4.09. The zero-order valence-electron chi connectivity index (χ0n) is 18.4. The number of hydrogen-bond donors (Lipinski definition) is 3. The second kappa shape index (κ2) is 7.78. The molecule has 172 valence electrons. The number of fused-ring (bicyclic) bond motifs is 5. The number of hydrogen-bond acceptors (Lipinski definition) is 7. The molecule has 9 heteroatoms. The molecule has 2 aromatic heterocycles. The van der Waals surface area contributed by atoms with Crippen molar-refractivity contribution >= 4 is 5.95 Å². The van der Waals surface area contributed by atoms with Crippen LogP contribution in [0.1, 0.15) is 49.6 Å². The topological polar surface area (TPSA) is 104 Å². The third kappa shape index (κ3) is 3.13. The molecule has 2 aliphatic rings. The normalized spacial score (nSPS) is 23.4. The number of rotatable bonds is 6. The Morgan fingerprint density at radius 2 is 1.94 bits per heavy atom. The van der Waals surface area contributed by atoms with Gasteiger partial charge >= 0.3 is 0 Å². The average Bonchev–Trinajstić information content (AvgIpc) is 3.18. The van der Waals surface area contributed by atoms with E-state index in [1.54, 1.807) is 12.3 Å². The summed E-state index contributed by atoms with van der Waals surface area (Å²) in [5.41, 5.74) is 1.74. The van der Waals surface area contributed by atoms with Crippen molar-refractivity contribution < 1.29 is 19.0 Å². The molecule has 0 spiro atoms. The van der Waals surface area contributed by atoms with Gasteiger partial charge in [0.1, 0.15) is 11.6 Å². The predicted molar refractivity (Wildman–Crippen MR) is 118 cm³/mol. The van der Waals surface area contributed by atoms with E-state index in [9.17, 15) is 13.9 Å². The second-order valence-electron chi connectivity index (χ2n) is 9.33. The van der Waals surface area contributed by atoms with Gasteiger partial charge < -0.3 is 15.5 Å². The summed E-state index contributed by atoms with van der Waals surface area (Å²) >= 11 is 0. The largest absolute Gasteiger partial charge is 0.394 e. The maximum Gasteiger partial charge on any atom is 0.222 e. The minimum Gasteiger partial charge on any atom is -0.394 e. The van der Waals surface area contributed by atoms with E-state index < -0.39 is 23.2 Å². The summed E-state index contributed by atoms with van der Waals surface area (Å²) < 4.78 is 28.8. The Kier molecular flexibility index (Phi) is 5.13. The van der Waals surface area contributed by atoms with Gasteiger partial charge in [0, 0.05) is 12.7 Å². The molecule has 1 aromatic carbocycles. The van der Waals surface area contributed by atoms with E-state index >= 15 is 0 Å². The fourth-order valence-corrected chi connectivity index (χ4v) is 5.71. The zero-order chi connectivity index (χ0) is 23.4. The summed E-state index contributed by atoms with van der Waals surface area (Å²) in [7, 11) is 0. The Morgan fingerprint density at radius 3 is 2.67 bits per heavy atom. The number of benzene rings is 1. The highest BCUT2D eigenvalue weighted by Crippen LogP contribution is 2.69. The second-order valence-corrected chi connectivity index (χ2v) is 9.33. The fraction of sp³-hybridized carbons (Fsp3) is 0.417. The lowest BCUT2D eigenvalue weighted by Crippen LogP contribution is -2.38. The van der Waals surface area contributed by atoms with Crippen molar-refractivity contribution in [1.29, 1.82) is 0 Å². The quantitative estimate of drug-likeness (QED) is 0.527. The summed E-state index contributed by atoms with van der Waals surface area (Å²) in [5.74, 6) is -0.852. The molecule has 0 radical (unpaired) electrons. The number of halogens is 2. The van der Waals surface area contributed by atoms with Gasteiger partial charge in [-0.1, -0.05) is 19.9 Å². The van der Waals surface area contributed by atoms with Gasteiger partial charge in [-0.05, 0) is 54.0 Å². The molecule has 2 heterocycles. The van der Waals surface area contributed by atoms with Gasteiger partial charge in [-0.2, -0.15) is 5.10 Å². The van der Waals surface area contributed by atoms with Crippen molar-refractivity contribution in [2.45, 2.75) is 44.1 Å². The van der Waals surface area contributed by atoms with E-state index in [1.807, 2.05) is 6.07 Å². The number of aliphatic hydroxyl groups is 2. The van der Waals surface area contributed by atoms with E-state index in [0.29, 0.717) is 5.95 Å². The van der Waals surface area contributed by atoms with Crippen LogP contribution < -0.4 is 5.32 Å². The minimum atomic E-state index is -0.919. The molecule has 5 rings (SSSR count). The Labute approximate surface area is 189 Å². The third-order valence-corrected chi connectivity index (χ3v) is 7.40. The SMILES string of the molecule is CC1(C)[C@H]2CC[C@]1(c1ccnc(NC[C@H](O)CO)n1)c1nnc(-c3c(F)cccc3F)cc12. The molecular weight excluding hydrogens is 428 g/mol. The molecule has 1 saturated carbocycles. The van der Waals surface area contributed by atoms with Crippen LogP contribution in [0.25, 0.3) is 11.3 Å². The lowest BCUT2D eigenvalue weighted by Gasteiger charge is -2.37. The summed E-state index contributed by atoms with van der Waals surface area (Å²) in [4.78, 5) is 8.97. The maximum absolute atomic E-state index is 14.4. The van der Waals surface area contributed by atoms with Crippen LogP contribution in [0.2, 0.25) is 0 Å². The van der Waals surface area contributed by atoms with Gasteiger partial charge in [0.05, 0.1) is 40.8 Å². The van der Waals surface area contributed by atoms with Crippen LogP contribution in [-0.4, -0.2) is 49.6 Å². The molecule has 3 aromatic rings. The zero-order valence-corrected chi connectivity index (χ0v) is 18.4. The average molecular weight is 453 g/mol. The Morgan fingerprint density at radius 1 is 1.18 bits per heavy atom. The van der Waals surface area contributed by atoms with Crippen LogP contribution in [-0.2, 0) is 5.41 Å². The molecular formula is C24H25F2N5O2. The van der Waals surface area contributed by atoms with Crippen LogP contribution in [0.4, 0.5) is 14.7 Å². The first-order chi connectivity index (χ1) is 15.8.